The minimum atomic E-state index is -0.496. The van der Waals surface area contributed by atoms with Crippen molar-refractivity contribution in [2.75, 3.05) is 33.2 Å². The molecule has 27 heavy (non-hydrogen) atoms. The lowest BCUT2D eigenvalue weighted by atomic mass is 10.1. The van der Waals surface area contributed by atoms with Crippen molar-refractivity contribution in [1.82, 2.24) is 9.80 Å². The van der Waals surface area contributed by atoms with E-state index in [-0.39, 0.29) is 23.2 Å². The van der Waals surface area contributed by atoms with Crippen molar-refractivity contribution in [2.45, 2.75) is 10.6 Å². The molecule has 3 rings (SSSR count). The molecule has 1 saturated heterocycles. The van der Waals surface area contributed by atoms with Gasteiger partial charge in [-0.1, -0.05) is 18.2 Å². The minimum Gasteiger partial charge on any atom is -0.336 e. The number of nitro benzene ring substituents is 1. The van der Waals surface area contributed by atoms with Crippen molar-refractivity contribution >= 4 is 23.4 Å². The number of benzene rings is 2. The fourth-order valence-electron chi connectivity index (χ4n) is 2.88. The van der Waals surface area contributed by atoms with E-state index >= 15 is 0 Å². The molecule has 1 aliphatic rings. The van der Waals surface area contributed by atoms with Crippen molar-refractivity contribution < 1.29 is 14.1 Å². The summed E-state index contributed by atoms with van der Waals surface area (Å²) >= 11 is 1.19. The first-order valence-corrected chi connectivity index (χ1v) is 9.56. The van der Waals surface area contributed by atoms with Crippen LogP contribution in [0.1, 0.15) is 15.9 Å². The van der Waals surface area contributed by atoms with Gasteiger partial charge in [0.2, 0.25) is 0 Å². The number of nitro groups is 1. The number of piperazine rings is 1. The SMILES string of the molecule is CN1CCN(C(=O)c2ccc(SCc3ccccc3F)c([N+](=O)[O-])c2)CC1. The second-order valence-electron chi connectivity index (χ2n) is 6.42. The number of likely N-dealkylation sites (N-methyl/N-ethyl adjacent to an activating group) is 1. The molecule has 1 fully saturated rings. The largest absolute Gasteiger partial charge is 0.336 e. The van der Waals surface area contributed by atoms with Gasteiger partial charge in [0.15, 0.2) is 0 Å². The van der Waals surface area contributed by atoms with Crippen LogP contribution in [0.4, 0.5) is 10.1 Å². The second-order valence-corrected chi connectivity index (χ2v) is 7.43. The molecule has 0 saturated carbocycles. The van der Waals surface area contributed by atoms with Gasteiger partial charge in [0, 0.05) is 43.6 Å². The summed E-state index contributed by atoms with van der Waals surface area (Å²) in [5.74, 6) is -0.259. The van der Waals surface area contributed by atoms with Crippen LogP contribution in [0.2, 0.25) is 0 Å². The Hall–Kier alpha value is -2.45. The molecule has 0 aromatic heterocycles. The highest BCUT2D eigenvalue weighted by atomic mass is 32.2. The van der Waals surface area contributed by atoms with Gasteiger partial charge in [-0.2, -0.15) is 0 Å². The van der Waals surface area contributed by atoms with E-state index in [4.69, 9.17) is 0 Å². The number of nitrogens with zero attached hydrogens (tertiary/aromatic N) is 3. The summed E-state index contributed by atoms with van der Waals surface area (Å²) in [4.78, 5) is 27.9. The summed E-state index contributed by atoms with van der Waals surface area (Å²) < 4.78 is 13.8. The third-order valence-corrected chi connectivity index (χ3v) is 5.65. The number of amides is 1. The third-order valence-electron chi connectivity index (χ3n) is 4.53. The molecule has 0 atom stereocenters. The quantitative estimate of drug-likeness (QED) is 0.445. The molecule has 0 unspecified atom stereocenters. The van der Waals surface area contributed by atoms with Crippen LogP contribution in [0.3, 0.4) is 0 Å². The van der Waals surface area contributed by atoms with Crippen molar-refractivity contribution in [3.05, 3.63) is 69.5 Å². The molecule has 0 aliphatic carbocycles. The Balaban J connectivity index is 1.77. The van der Waals surface area contributed by atoms with Crippen LogP contribution in [0.15, 0.2) is 47.4 Å². The van der Waals surface area contributed by atoms with Crippen LogP contribution in [-0.4, -0.2) is 53.9 Å². The van der Waals surface area contributed by atoms with Crippen LogP contribution < -0.4 is 0 Å². The van der Waals surface area contributed by atoms with Gasteiger partial charge in [0.1, 0.15) is 5.82 Å². The molecule has 2 aromatic carbocycles. The molecule has 6 nitrogen and oxygen atoms in total. The summed E-state index contributed by atoms with van der Waals surface area (Å²) in [5, 5.41) is 11.5. The van der Waals surface area contributed by atoms with Crippen LogP contribution >= 0.6 is 11.8 Å². The van der Waals surface area contributed by atoms with Gasteiger partial charge in [-0.15, -0.1) is 11.8 Å². The summed E-state index contributed by atoms with van der Waals surface area (Å²) in [6.07, 6.45) is 0. The zero-order valence-electron chi connectivity index (χ0n) is 14.9. The maximum atomic E-state index is 13.8. The predicted octanol–water partition coefficient (Wildman–Crippen LogP) is 3.41. The topological polar surface area (TPSA) is 66.7 Å². The molecule has 1 amide bonds. The maximum absolute atomic E-state index is 13.8. The number of carbonyl (C=O) groups is 1. The average molecular weight is 389 g/mol. The van der Waals surface area contributed by atoms with E-state index < -0.39 is 4.92 Å². The Kier molecular flexibility index (Phi) is 6.08. The number of thioether (sulfide) groups is 1. The normalized spacial score (nSPS) is 15.0. The van der Waals surface area contributed by atoms with E-state index in [0.29, 0.717) is 29.1 Å². The molecular weight excluding hydrogens is 369 g/mol. The Morgan fingerprint density at radius 1 is 1.19 bits per heavy atom. The lowest BCUT2D eigenvalue weighted by Crippen LogP contribution is -2.47. The Morgan fingerprint density at radius 2 is 1.89 bits per heavy atom. The standard InChI is InChI=1S/C19H20FN3O3S/c1-21-8-10-22(11-9-21)19(24)14-6-7-18(17(12-14)23(25)26)27-13-15-4-2-3-5-16(15)20/h2-7,12H,8-11,13H2,1H3. The smallest absolute Gasteiger partial charge is 0.283 e. The molecule has 8 heteroatoms. The molecule has 0 bridgehead atoms. The summed E-state index contributed by atoms with van der Waals surface area (Å²) in [7, 11) is 1.99. The molecule has 142 valence electrons. The number of carbonyl (C=O) groups excluding carboxylic acids is 1. The number of hydrogen-bond donors (Lipinski definition) is 0. The van der Waals surface area contributed by atoms with Crippen molar-refractivity contribution in [3.63, 3.8) is 0 Å². The van der Waals surface area contributed by atoms with E-state index in [1.54, 1.807) is 35.2 Å². The highest BCUT2D eigenvalue weighted by Gasteiger charge is 2.23. The van der Waals surface area contributed by atoms with Crippen molar-refractivity contribution in [1.29, 1.82) is 0 Å². The van der Waals surface area contributed by atoms with Crippen molar-refractivity contribution in [3.8, 4) is 0 Å². The van der Waals surface area contributed by atoms with Crippen LogP contribution in [-0.2, 0) is 5.75 Å². The second kappa shape index (κ2) is 8.49. The fourth-order valence-corrected chi connectivity index (χ4v) is 3.87. The van der Waals surface area contributed by atoms with Gasteiger partial charge in [-0.3, -0.25) is 14.9 Å². The Bertz CT molecular complexity index is 854. The summed E-state index contributed by atoms with van der Waals surface area (Å²) in [6.45, 7) is 2.77. The Morgan fingerprint density at radius 3 is 2.56 bits per heavy atom. The lowest BCUT2D eigenvalue weighted by molar-refractivity contribution is -0.387. The first-order valence-electron chi connectivity index (χ1n) is 8.58. The van der Waals surface area contributed by atoms with Gasteiger partial charge in [0.05, 0.1) is 9.82 Å². The molecule has 0 radical (unpaired) electrons. The maximum Gasteiger partial charge on any atom is 0.283 e. The molecule has 1 aliphatic heterocycles. The minimum absolute atomic E-state index is 0.128. The number of rotatable bonds is 5. The van der Waals surface area contributed by atoms with E-state index in [1.807, 2.05) is 7.05 Å². The Labute approximate surface area is 161 Å². The molecule has 1 heterocycles. The molecular formula is C19H20FN3O3S. The monoisotopic (exact) mass is 389 g/mol. The number of halogens is 1. The van der Waals surface area contributed by atoms with Crippen LogP contribution in [0.25, 0.3) is 0 Å². The summed E-state index contributed by atoms with van der Waals surface area (Å²) in [5.41, 5.74) is 0.659. The third kappa shape index (κ3) is 4.64. The van der Waals surface area contributed by atoms with E-state index in [1.165, 1.54) is 23.9 Å². The van der Waals surface area contributed by atoms with Gasteiger partial charge < -0.3 is 9.80 Å². The molecule has 2 aromatic rings. The van der Waals surface area contributed by atoms with E-state index in [0.717, 1.165) is 13.1 Å². The summed E-state index contributed by atoms with van der Waals surface area (Å²) in [6, 6.07) is 10.9. The fraction of sp³-hybridized carbons (Fsp3) is 0.316. The zero-order valence-corrected chi connectivity index (χ0v) is 15.7. The van der Waals surface area contributed by atoms with Crippen molar-refractivity contribution in [2.24, 2.45) is 0 Å². The average Bonchev–Trinajstić information content (AvgIpc) is 2.67. The highest BCUT2D eigenvalue weighted by molar-refractivity contribution is 7.98. The molecule has 0 spiro atoms. The van der Waals surface area contributed by atoms with Crippen LogP contribution in [0, 0.1) is 15.9 Å². The molecule has 0 N–H and O–H groups in total. The van der Waals surface area contributed by atoms with Gasteiger partial charge in [-0.25, -0.2) is 4.39 Å². The van der Waals surface area contributed by atoms with Crippen LogP contribution in [0.5, 0.6) is 0 Å². The first kappa shape index (κ1) is 19.3. The predicted molar refractivity (Wildman–Crippen MR) is 102 cm³/mol. The first-order chi connectivity index (χ1) is 13.0. The lowest BCUT2D eigenvalue weighted by Gasteiger charge is -2.32. The number of hydrogen-bond acceptors (Lipinski definition) is 5. The van der Waals surface area contributed by atoms with Gasteiger partial charge in [0.25, 0.3) is 11.6 Å². The van der Waals surface area contributed by atoms with E-state index in [9.17, 15) is 19.3 Å². The zero-order chi connectivity index (χ0) is 19.4. The highest BCUT2D eigenvalue weighted by Crippen LogP contribution is 2.33. The van der Waals surface area contributed by atoms with Gasteiger partial charge >= 0.3 is 0 Å². The van der Waals surface area contributed by atoms with Gasteiger partial charge in [-0.05, 0) is 30.8 Å². The van der Waals surface area contributed by atoms with E-state index in [2.05, 4.69) is 4.90 Å².